The lowest BCUT2D eigenvalue weighted by atomic mass is 10.0. The zero-order valence-electron chi connectivity index (χ0n) is 13.4. The van der Waals surface area contributed by atoms with Gasteiger partial charge in [-0.05, 0) is 47.0 Å². The first-order valence-corrected chi connectivity index (χ1v) is 8.65. The van der Waals surface area contributed by atoms with Gasteiger partial charge in [-0.15, -0.1) is 5.10 Å². The molecule has 0 radical (unpaired) electrons. The number of nitrogens with zero attached hydrogens (tertiary/aromatic N) is 4. The molecular weight excluding hydrogens is 314 g/mol. The maximum Gasteiger partial charge on any atom is 0.231 e. The number of rotatable bonds is 8. The van der Waals surface area contributed by atoms with Crippen LogP contribution < -0.4 is 14.8 Å². The minimum Gasteiger partial charge on any atom is -0.454 e. The number of thioether (sulfide) groups is 1. The van der Waals surface area contributed by atoms with Crippen LogP contribution in [0.5, 0.6) is 11.5 Å². The SMILES string of the molecule is CC(CNCCSc1nnnn1C)Cc1ccc2c(c1)OCO2. The van der Waals surface area contributed by atoms with Crippen molar-refractivity contribution in [3.63, 3.8) is 0 Å². The maximum absolute atomic E-state index is 5.42. The van der Waals surface area contributed by atoms with E-state index in [2.05, 4.69) is 39.9 Å². The van der Waals surface area contributed by atoms with Gasteiger partial charge >= 0.3 is 0 Å². The Balaban J connectivity index is 1.35. The summed E-state index contributed by atoms with van der Waals surface area (Å²) in [5, 5.41) is 15.7. The van der Waals surface area contributed by atoms with E-state index in [-0.39, 0.29) is 0 Å². The quantitative estimate of drug-likeness (QED) is 0.579. The third-order valence-corrected chi connectivity index (χ3v) is 4.62. The fourth-order valence-corrected chi connectivity index (χ4v) is 3.20. The average Bonchev–Trinajstić information content (AvgIpc) is 3.15. The lowest BCUT2D eigenvalue weighted by Crippen LogP contribution is -2.24. The normalized spacial score (nSPS) is 14.2. The average molecular weight is 335 g/mol. The van der Waals surface area contributed by atoms with Gasteiger partial charge in [0, 0.05) is 19.3 Å². The van der Waals surface area contributed by atoms with Crippen molar-refractivity contribution in [1.82, 2.24) is 25.5 Å². The molecule has 1 N–H and O–H groups in total. The fourth-order valence-electron chi connectivity index (χ4n) is 2.45. The number of hydrogen-bond acceptors (Lipinski definition) is 7. The topological polar surface area (TPSA) is 74.1 Å². The van der Waals surface area contributed by atoms with E-state index in [9.17, 15) is 0 Å². The zero-order valence-corrected chi connectivity index (χ0v) is 14.2. The van der Waals surface area contributed by atoms with E-state index in [0.717, 1.165) is 41.9 Å². The molecule has 2 aromatic rings. The van der Waals surface area contributed by atoms with E-state index < -0.39 is 0 Å². The lowest BCUT2D eigenvalue weighted by Gasteiger charge is -2.13. The van der Waals surface area contributed by atoms with Crippen LogP contribution in [0.25, 0.3) is 0 Å². The number of tetrazole rings is 1. The summed E-state index contributed by atoms with van der Waals surface area (Å²) in [7, 11) is 1.85. The third kappa shape index (κ3) is 4.35. The number of hydrogen-bond donors (Lipinski definition) is 1. The Morgan fingerprint density at radius 2 is 2.22 bits per heavy atom. The maximum atomic E-state index is 5.42. The highest BCUT2D eigenvalue weighted by Gasteiger charge is 2.14. The van der Waals surface area contributed by atoms with Gasteiger partial charge in [-0.1, -0.05) is 24.8 Å². The minimum absolute atomic E-state index is 0.328. The molecule has 1 unspecified atom stereocenters. The lowest BCUT2D eigenvalue weighted by molar-refractivity contribution is 0.174. The summed E-state index contributed by atoms with van der Waals surface area (Å²) in [5.74, 6) is 3.20. The molecule has 1 aromatic carbocycles. The molecule has 7 nitrogen and oxygen atoms in total. The molecule has 0 fully saturated rings. The van der Waals surface area contributed by atoms with Crippen molar-refractivity contribution in [3.8, 4) is 11.5 Å². The molecular formula is C15H21N5O2S. The summed E-state index contributed by atoms with van der Waals surface area (Å²) in [6, 6.07) is 6.18. The van der Waals surface area contributed by atoms with Crippen molar-refractivity contribution >= 4 is 11.8 Å². The van der Waals surface area contributed by atoms with Crippen LogP contribution in [0.4, 0.5) is 0 Å². The first-order chi connectivity index (χ1) is 11.2. The largest absolute Gasteiger partial charge is 0.454 e. The molecule has 0 saturated heterocycles. The van der Waals surface area contributed by atoms with Crippen molar-refractivity contribution in [2.45, 2.75) is 18.5 Å². The van der Waals surface area contributed by atoms with Gasteiger partial charge in [0.05, 0.1) is 0 Å². The van der Waals surface area contributed by atoms with E-state index in [4.69, 9.17) is 9.47 Å². The molecule has 0 amide bonds. The highest BCUT2D eigenvalue weighted by molar-refractivity contribution is 7.99. The Kier molecular flexibility index (Phi) is 5.35. The Bertz CT molecular complexity index is 649. The zero-order chi connectivity index (χ0) is 16.1. The number of ether oxygens (including phenoxy) is 2. The van der Waals surface area contributed by atoms with Crippen molar-refractivity contribution in [2.75, 3.05) is 25.6 Å². The van der Waals surface area contributed by atoms with Crippen LogP contribution in [0.15, 0.2) is 23.4 Å². The van der Waals surface area contributed by atoms with Gasteiger partial charge in [0.2, 0.25) is 11.9 Å². The van der Waals surface area contributed by atoms with Gasteiger partial charge in [-0.3, -0.25) is 0 Å². The van der Waals surface area contributed by atoms with Gasteiger partial charge in [-0.2, -0.15) is 0 Å². The summed E-state index contributed by atoms with van der Waals surface area (Å²) in [6.45, 7) is 4.49. The summed E-state index contributed by atoms with van der Waals surface area (Å²) in [6.07, 6.45) is 1.02. The van der Waals surface area contributed by atoms with E-state index in [1.165, 1.54) is 5.56 Å². The van der Waals surface area contributed by atoms with Crippen molar-refractivity contribution in [1.29, 1.82) is 0 Å². The molecule has 2 heterocycles. The molecule has 1 aliphatic heterocycles. The minimum atomic E-state index is 0.328. The molecule has 0 saturated carbocycles. The Morgan fingerprint density at radius 1 is 1.35 bits per heavy atom. The van der Waals surface area contributed by atoms with Gasteiger partial charge in [0.25, 0.3) is 0 Å². The predicted octanol–water partition coefficient (Wildman–Crippen LogP) is 1.50. The fraction of sp³-hybridized carbons (Fsp3) is 0.533. The summed E-state index contributed by atoms with van der Waals surface area (Å²) in [5.41, 5.74) is 1.28. The number of benzene rings is 1. The second kappa shape index (κ2) is 7.65. The monoisotopic (exact) mass is 335 g/mol. The van der Waals surface area contributed by atoms with Crippen molar-refractivity contribution < 1.29 is 9.47 Å². The number of fused-ring (bicyclic) bond motifs is 1. The molecule has 0 bridgehead atoms. The van der Waals surface area contributed by atoms with Crippen LogP contribution in [0.2, 0.25) is 0 Å². The van der Waals surface area contributed by atoms with Gasteiger partial charge in [0.15, 0.2) is 11.5 Å². The molecule has 23 heavy (non-hydrogen) atoms. The third-order valence-electron chi connectivity index (χ3n) is 3.61. The Morgan fingerprint density at radius 3 is 3.04 bits per heavy atom. The van der Waals surface area contributed by atoms with Crippen LogP contribution in [-0.2, 0) is 13.5 Å². The molecule has 0 aliphatic carbocycles. The standard InChI is InChI=1S/C15H21N5O2S/c1-11(7-12-3-4-13-14(8-12)22-10-21-13)9-16-5-6-23-15-17-18-19-20(15)2/h3-4,8,11,16H,5-7,9-10H2,1-2H3. The van der Waals surface area contributed by atoms with Gasteiger partial charge in [-0.25, -0.2) is 4.68 Å². The molecule has 8 heteroatoms. The Labute approximate surface area is 139 Å². The first-order valence-electron chi connectivity index (χ1n) is 7.67. The van der Waals surface area contributed by atoms with Gasteiger partial charge < -0.3 is 14.8 Å². The van der Waals surface area contributed by atoms with Crippen molar-refractivity contribution in [2.24, 2.45) is 13.0 Å². The second-order valence-corrected chi connectivity index (χ2v) is 6.70. The van der Waals surface area contributed by atoms with E-state index in [0.29, 0.717) is 12.7 Å². The molecule has 1 aromatic heterocycles. The summed E-state index contributed by atoms with van der Waals surface area (Å²) >= 11 is 1.66. The highest BCUT2D eigenvalue weighted by Crippen LogP contribution is 2.33. The Hall–Kier alpha value is -1.80. The second-order valence-electron chi connectivity index (χ2n) is 5.63. The molecule has 1 aliphatic rings. The predicted molar refractivity (Wildman–Crippen MR) is 87.8 cm³/mol. The smallest absolute Gasteiger partial charge is 0.231 e. The van der Waals surface area contributed by atoms with Gasteiger partial charge in [0.1, 0.15) is 0 Å². The van der Waals surface area contributed by atoms with E-state index >= 15 is 0 Å². The summed E-state index contributed by atoms with van der Waals surface area (Å²) in [4.78, 5) is 0. The molecule has 3 rings (SSSR count). The molecule has 1 atom stereocenters. The summed E-state index contributed by atoms with van der Waals surface area (Å²) < 4.78 is 12.4. The van der Waals surface area contributed by atoms with Crippen LogP contribution in [0.3, 0.4) is 0 Å². The van der Waals surface area contributed by atoms with E-state index in [1.807, 2.05) is 13.1 Å². The van der Waals surface area contributed by atoms with Crippen LogP contribution in [0, 0.1) is 5.92 Å². The van der Waals surface area contributed by atoms with Crippen LogP contribution in [-0.4, -0.2) is 45.8 Å². The van der Waals surface area contributed by atoms with Crippen LogP contribution in [0.1, 0.15) is 12.5 Å². The highest BCUT2D eigenvalue weighted by atomic mass is 32.2. The van der Waals surface area contributed by atoms with E-state index in [1.54, 1.807) is 16.4 Å². The first kappa shape index (κ1) is 16.1. The van der Waals surface area contributed by atoms with Crippen LogP contribution >= 0.6 is 11.8 Å². The number of aromatic nitrogens is 4. The number of aryl methyl sites for hydroxylation is 1. The van der Waals surface area contributed by atoms with Crippen molar-refractivity contribution in [3.05, 3.63) is 23.8 Å². The number of nitrogens with one attached hydrogen (secondary N) is 1. The molecule has 0 spiro atoms. The molecule has 124 valence electrons.